The molecule has 0 aliphatic heterocycles. The summed E-state index contributed by atoms with van der Waals surface area (Å²) >= 11 is 3.43. The highest BCUT2D eigenvalue weighted by Crippen LogP contribution is 2.30. The lowest BCUT2D eigenvalue weighted by atomic mass is 10.3. The Morgan fingerprint density at radius 2 is 2.10 bits per heavy atom. The van der Waals surface area contributed by atoms with Gasteiger partial charge in [-0.25, -0.2) is 4.98 Å². The van der Waals surface area contributed by atoms with Crippen LogP contribution in [0, 0.1) is 0 Å². The van der Waals surface area contributed by atoms with Gasteiger partial charge in [-0.15, -0.1) is 22.7 Å². The van der Waals surface area contributed by atoms with Gasteiger partial charge in [0.15, 0.2) is 0 Å². The lowest BCUT2D eigenvalue weighted by Crippen LogP contribution is -2.23. The van der Waals surface area contributed by atoms with Crippen molar-refractivity contribution < 1.29 is 0 Å². The molecule has 3 aromatic rings. The Labute approximate surface area is 126 Å². The normalized spacial score (nSPS) is 10.9. The number of anilines is 2. The van der Waals surface area contributed by atoms with E-state index in [4.69, 9.17) is 0 Å². The van der Waals surface area contributed by atoms with Crippen molar-refractivity contribution in [3.63, 3.8) is 0 Å². The van der Waals surface area contributed by atoms with E-state index in [-0.39, 0.29) is 0 Å². The van der Waals surface area contributed by atoms with Crippen LogP contribution in [0.3, 0.4) is 0 Å². The van der Waals surface area contributed by atoms with Gasteiger partial charge in [-0.1, -0.05) is 6.07 Å². The Bertz CT molecular complexity index is 690. The van der Waals surface area contributed by atoms with E-state index in [0.29, 0.717) is 5.95 Å². The van der Waals surface area contributed by atoms with Crippen LogP contribution in [0.15, 0.2) is 29.0 Å². The predicted octanol–water partition coefficient (Wildman–Crippen LogP) is 3.82. The van der Waals surface area contributed by atoms with Crippen LogP contribution in [-0.4, -0.2) is 23.6 Å². The van der Waals surface area contributed by atoms with Gasteiger partial charge < -0.3 is 10.2 Å². The lowest BCUT2D eigenvalue weighted by Gasteiger charge is -2.22. The number of fused-ring (bicyclic) bond motifs is 1. The molecule has 0 aliphatic carbocycles. The smallest absolute Gasteiger partial charge is 0.225 e. The molecule has 0 bridgehead atoms. The van der Waals surface area contributed by atoms with Gasteiger partial charge >= 0.3 is 0 Å². The van der Waals surface area contributed by atoms with E-state index in [1.807, 2.05) is 7.05 Å². The molecule has 0 unspecified atom stereocenters. The highest BCUT2D eigenvalue weighted by molar-refractivity contribution is 7.16. The molecule has 3 rings (SSSR count). The minimum atomic E-state index is 0.680. The summed E-state index contributed by atoms with van der Waals surface area (Å²) < 4.78 is 0. The zero-order valence-electron chi connectivity index (χ0n) is 11.5. The van der Waals surface area contributed by atoms with Crippen LogP contribution in [0.25, 0.3) is 10.2 Å². The number of aromatic nitrogens is 2. The molecule has 0 atom stereocenters. The summed E-state index contributed by atoms with van der Waals surface area (Å²) in [6, 6.07) is 6.36. The molecule has 20 heavy (non-hydrogen) atoms. The summed E-state index contributed by atoms with van der Waals surface area (Å²) in [7, 11) is 1.86. The van der Waals surface area contributed by atoms with Crippen molar-refractivity contribution in [2.45, 2.75) is 13.5 Å². The van der Waals surface area contributed by atoms with Gasteiger partial charge in [0, 0.05) is 18.5 Å². The standard InChI is InChI=1S/C14H16N4S2/c1-3-18(9-10-5-4-7-19-10)12-11-6-8-20-13(11)17-14(15-2)16-12/h4-8H,3,9H2,1-2H3,(H,15,16,17). The molecule has 3 aromatic heterocycles. The quantitative estimate of drug-likeness (QED) is 0.778. The van der Waals surface area contributed by atoms with Crippen LogP contribution in [0.2, 0.25) is 0 Å². The first-order chi connectivity index (χ1) is 9.81. The number of rotatable bonds is 5. The fraction of sp³-hybridized carbons (Fsp3) is 0.286. The third-order valence-corrected chi connectivity index (χ3v) is 4.80. The number of nitrogens with zero attached hydrogens (tertiary/aromatic N) is 3. The SMILES string of the molecule is CCN(Cc1cccs1)c1nc(NC)nc2sccc12. The molecule has 0 aromatic carbocycles. The highest BCUT2D eigenvalue weighted by Gasteiger charge is 2.14. The fourth-order valence-electron chi connectivity index (χ4n) is 2.12. The summed E-state index contributed by atoms with van der Waals surface area (Å²) in [6.07, 6.45) is 0. The molecule has 0 fully saturated rings. The van der Waals surface area contributed by atoms with Gasteiger partial charge in [-0.3, -0.25) is 0 Å². The zero-order chi connectivity index (χ0) is 13.9. The third-order valence-electron chi connectivity index (χ3n) is 3.14. The molecular weight excluding hydrogens is 288 g/mol. The first-order valence-corrected chi connectivity index (χ1v) is 8.28. The number of hydrogen-bond acceptors (Lipinski definition) is 6. The Morgan fingerprint density at radius 3 is 2.80 bits per heavy atom. The Kier molecular flexibility index (Phi) is 3.84. The molecule has 0 spiro atoms. The number of thiophene rings is 2. The lowest BCUT2D eigenvalue weighted by molar-refractivity contribution is 0.827. The van der Waals surface area contributed by atoms with Crippen molar-refractivity contribution in [3.05, 3.63) is 33.8 Å². The topological polar surface area (TPSA) is 41.1 Å². The van der Waals surface area contributed by atoms with Gasteiger partial charge in [0.2, 0.25) is 5.95 Å². The second-order valence-corrected chi connectivity index (χ2v) is 6.28. The molecule has 1 N–H and O–H groups in total. The van der Waals surface area contributed by atoms with Gasteiger partial charge in [0.1, 0.15) is 10.6 Å². The molecule has 0 saturated heterocycles. The average Bonchev–Trinajstić information content (AvgIpc) is 3.14. The summed E-state index contributed by atoms with van der Waals surface area (Å²) in [5.74, 6) is 1.69. The largest absolute Gasteiger partial charge is 0.357 e. The van der Waals surface area contributed by atoms with E-state index < -0.39 is 0 Å². The molecule has 0 amide bonds. The summed E-state index contributed by atoms with van der Waals surface area (Å²) in [4.78, 5) is 13.8. The van der Waals surface area contributed by atoms with E-state index >= 15 is 0 Å². The van der Waals surface area contributed by atoms with Crippen molar-refractivity contribution in [1.82, 2.24) is 9.97 Å². The van der Waals surface area contributed by atoms with Crippen molar-refractivity contribution >= 4 is 44.7 Å². The van der Waals surface area contributed by atoms with E-state index in [2.05, 4.69) is 56.1 Å². The van der Waals surface area contributed by atoms with Crippen LogP contribution in [0.5, 0.6) is 0 Å². The maximum atomic E-state index is 4.66. The monoisotopic (exact) mass is 304 g/mol. The predicted molar refractivity (Wildman–Crippen MR) is 88.0 cm³/mol. The Hall–Kier alpha value is -1.66. The molecule has 0 aliphatic rings. The zero-order valence-corrected chi connectivity index (χ0v) is 13.1. The van der Waals surface area contributed by atoms with Crippen LogP contribution < -0.4 is 10.2 Å². The molecule has 104 valence electrons. The summed E-state index contributed by atoms with van der Waals surface area (Å²) in [5.41, 5.74) is 0. The van der Waals surface area contributed by atoms with E-state index in [0.717, 1.165) is 29.1 Å². The van der Waals surface area contributed by atoms with Gasteiger partial charge in [-0.05, 0) is 29.8 Å². The first kappa shape index (κ1) is 13.3. The minimum Gasteiger partial charge on any atom is -0.357 e. The highest BCUT2D eigenvalue weighted by atomic mass is 32.1. The van der Waals surface area contributed by atoms with Crippen molar-refractivity contribution in [3.8, 4) is 0 Å². The maximum absolute atomic E-state index is 4.66. The van der Waals surface area contributed by atoms with Crippen LogP contribution >= 0.6 is 22.7 Å². The summed E-state index contributed by atoms with van der Waals surface area (Å²) in [6.45, 7) is 3.97. The van der Waals surface area contributed by atoms with Crippen molar-refractivity contribution in [1.29, 1.82) is 0 Å². The van der Waals surface area contributed by atoms with Crippen LogP contribution in [0.1, 0.15) is 11.8 Å². The minimum absolute atomic E-state index is 0.680. The molecule has 4 nitrogen and oxygen atoms in total. The molecule has 3 heterocycles. The van der Waals surface area contributed by atoms with Crippen LogP contribution in [0.4, 0.5) is 11.8 Å². The van der Waals surface area contributed by atoms with E-state index in [1.54, 1.807) is 22.7 Å². The van der Waals surface area contributed by atoms with E-state index in [9.17, 15) is 0 Å². The van der Waals surface area contributed by atoms with Crippen molar-refractivity contribution in [2.24, 2.45) is 0 Å². The first-order valence-electron chi connectivity index (χ1n) is 6.52. The molecule has 0 saturated carbocycles. The number of nitrogens with one attached hydrogen (secondary N) is 1. The van der Waals surface area contributed by atoms with Crippen molar-refractivity contribution in [2.75, 3.05) is 23.8 Å². The Balaban J connectivity index is 2.03. The molecule has 6 heteroatoms. The van der Waals surface area contributed by atoms with Gasteiger partial charge in [0.25, 0.3) is 0 Å². The van der Waals surface area contributed by atoms with Crippen LogP contribution in [-0.2, 0) is 6.54 Å². The maximum Gasteiger partial charge on any atom is 0.225 e. The van der Waals surface area contributed by atoms with E-state index in [1.165, 1.54) is 4.88 Å². The second kappa shape index (κ2) is 5.76. The number of hydrogen-bond donors (Lipinski definition) is 1. The fourth-order valence-corrected chi connectivity index (χ4v) is 3.60. The Morgan fingerprint density at radius 1 is 1.20 bits per heavy atom. The second-order valence-electron chi connectivity index (χ2n) is 4.35. The molecular formula is C14H16N4S2. The third kappa shape index (κ3) is 2.48. The van der Waals surface area contributed by atoms with Gasteiger partial charge in [0.05, 0.1) is 11.9 Å². The van der Waals surface area contributed by atoms with Gasteiger partial charge in [-0.2, -0.15) is 4.98 Å². The average molecular weight is 304 g/mol. The molecule has 0 radical (unpaired) electrons. The summed E-state index contributed by atoms with van der Waals surface area (Å²) in [5, 5.41) is 8.36.